The number of methoxy groups -OCH3 is 1. The lowest BCUT2D eigenvalue weighted by atomic mass is 10.1. The first-order valence-corrected chi connectivity index (χ1v) is 9.29. The number of thioether (sulfide) groups is 1. The molecule has 0 atom stereocenters. The Balaban J connectivity index is 1.89. The number of benzene rings is 2. The van der Waals surface area contributed by atoms with Gasteiger partial charge in [0.25, 0.3) is 0 Å². The molecule has 0 N–H and O–H groups in total. The van der Waals surface area contributed by atoms with Gasteiger partial charge in [-0.15, -0.1) is 0 Å². The quantitative estimate of drug-likeness (QED) is 0.465. The smallest absolute Gasteiger partial charge is 0.192 e. The molecular formula is C20H16ClF2NO2S. The van der Waals surface area contributed by atoms with E-state index in [1.165, 1.54) is 37.1 Å². The van der Waals surface area contributed by atoms with Gasteiger partial charge in [0.15, 0.2) is 5.78 Å². The van der Waals surface area contributed by atoms with Gasteiger partial charge in [0, 0.05) is 28.4 Å². The summed E-state index contributed by atoms with van der Waals surface area (Å²) in [5, 5.41) is 2.94. The second kappa shape index (κ2) is 8.15. The lowest BCUT2D eigenvalue weighted by Crippen LogP contribution is -2.17. The van der Waals surface area contributed by atoms with Gasteiger partial charge in [-0.05, 0) is 36.6 Å². The van der Waals surface area contributed by atoms with Crippen molar-refractivity contribution >= 4 is 29.1 Å². The third-order valence-corrected chi connectivity index (χ3v) is 5.34. The van der Waals surface area contributed by atoms with Crippen molar-refractivity contribution in [3.8, 4) is 5.75 Å². The minimum absolute atomic E-state index is 0.188. The number of halogens is 3. The number of hydrogen-bond donors (Lipinski definition) is 0. The van der Waals surface area contributed by atoms with Crippen LogP contribution in [0.4, 0.5) is 8.78 Å². The molecule has 0 amide bonds. The molecule has 0 saturated heterocycles. The molecule has 3 nitrogen and oxygen atoms in total. The van der Waals surface area contributed by atoms with E-state index in [-0.39, 0.29) is 12.3 Å². The van der Waals surface area contributed by atoms with E-state index in [0.29, 0.717) is 26.9 Å². The fourth-order valence-electron chi connectivity index (χ4n) is 2.64. The summed E-state index contributed by atoms with van der Waals surface area (Å²) in [5.74, 6) is -1.10. The lowest BCUT2D eigenvalue weighted by molar-refractivity contribution is 0.104. The van der Waals surface area contributed by atoms with E-state index >= 15 is 0 Å². The maximum atomic E-state index is 14.0. The van der Waals surface area contributed by atoms with Crippen molar-refractivity contribution in [3.05, 3.63) is 86.4 Å². The van der Waals surface area contributed by atoms with Gasteiger partial charge in [-0.1, -0.05) is 29.4 Å². The largest absolute Gasteiger partial charge is 0.496 e. The van der Waals surface area contributed by atoms with Gasteiger partial charge >= 0.3 is 0 Å². The first kappa shape index (κ1) is 19.5. The Bertz CT molecular complexity index is 959. The average molecular weight is 408 g/mol. The predicted molar refractivity (Wildman–Crippen MR) is 104 cm³/mol. The van der Waals surface area contributed by atoms with Gasteiger partial charge in [-0.2, -0.15) is 0 Å². The fraction of sp³-hybridized carbons (Fsp3) is 0.150. The third-order valence-electron chi connectivity index (χ3n) is 4.07. The van der Waals surface area contributed by atoms with Crippen LogP contribution in [0.5, 0.6) is 5.75 Å². The predicted octanol–water partition coefficient (Wildman–Crippen LogP) is 5.76. The number of nitrogens with zero attached hydrogens (tertiary/aromatic N) is 1. The Hall–Kier alpha value is -2.31. The van der Waals surface area contributed by atoms with Crippen LogP contribution in [0.1, 0.15) is 22.8 Å². The Morgan fingerprint density at radius 2 is 2.04 bits per heavy atom. The summed E-state index contributed by atoms with van der Waals surface area (Å²) in [6, 6.07) is 8.29. The fourth-order valence-corrected chi connectivity index (χ4v) is 3.75. The highest BCUT2D eigenvalue weighted by Gasteiger charge is 2.22. The van der Waals surface area contributed by atoms with E-state index in [0.717, 1.165) is 11.8 Å². The van der Waals surface area contributed by atoms with Crippen molar-refractivity contribution in [2.24, 2.45) is 0 Å². The van der Waals surface area contributed by atoms with Crippen molar-refractivity contribution in [1.29, 1.82) is 0 Å². The number of ether oxygens (including phenoxy) is 1. The molecule has 1 aliphatic heterocycles. The summed E-state index contributed by atoms with van der Waals surface area (Å²) in [6.07, 6.45) is 1.47. The SMILES string of the molecule is COc1ccc(Cl)cc1C(=O)/C=C1\SC=C(C)N1Cc1ccc(F)cc1F. The maximum absolute atomic E-state index is 14.0. The zero-order valence-corrected chi connectivity index (χ0v) is 16.2. The lowest BCUT2D eigenvalue weighted by Gasteiger charge is -2.22. The molecule has 0 unspecified atom stereocenters. The molecule has 0 aliphatic carbocycles. The van der Waals surface area contributed by atoms with Gasteiger partial charge in [0.2, 0.25) is 0 Å². The van der Waals surface area contributed by atoms with E-state index in [4.69, 9.17) is 16.3 Å². The number of carbonyl (C=O) groups is 1. The van der Waals surface area contributed by atoms with Crippen LogP contribution in [0.25, 0.3) is 0 Å². The van der Waals surface area contributed by atoms with Crippen LogP contribution >= 0.6 is 23.4 Å². The topological polar surface area (TPSA) is 29.5 Å². The first-order chi connectivity index (χ1) is 12.9. The molecule has 0 bridgehead atoms. The molecule has 3 rings (SSSR count). The molecule has 1 heterocycles. The summed E-state index contributed by atoms with van der Waals surface area (Å²) in [6.45, 7) is 2.05. The van der Waals surface area contributed by atoms with Crippen LogP contribution in [-0.4, -0.2) is 17.8 Å². The molecule has 0 spiro atoms. The molecule has 1 aliphatic rings. The van der Waals surface area contributed by atoms with Crippen molar-refractivity contribution < 1.29 is 18.3 Å². The summed E-state index contributed by atoms with van der Waals surface area (Å²) in [7, 11) is 1.48. The van der Waals surface area contributed by atoms with E-state index in [1.807, 2.05) is 12.3 Å². The number of hydrogen-bond acceptors (Lipinski definition) is 4. The highest BCUT2D eigenvalue weighted by molar-refractivity contribution is 8.06. The third kappa shape index (κ3) is 4.34. The van der Waals surface area contributed by atoms with E-state index < -0.39 is 11.6 Å². The maximum Gasteiger partial charge on any atom is 0.192 e. The standard InChI is InChI=1S/C20H16ClF2NO2S/c1-12-11-27-20(24(12)10-13-3-5-15(22)8-17(13)23)9-18(25)16-7-14(21)4-6-19(16)26-2/h3-9,11H,10H2,1-2H3/b20-9-. The molecule has 0 fully saturated rings. The second-order valence-corrected chi connectivity index (χ2v) is 7.22. The monoisotopic (exact) mass is 407 g/mol. The number of carbonyl (C=O) groups excluding carboxylic acids is 1. The minimum Gasteiger partial charge on any atom is -0.496 e. The minimum atomic E-state index is -0.627. The molecule has 0 saturated carbocycles. The van der Waals surface area contributed by atoms with Gasteiger partial charge in [-0.25, -0.2) is 8.78 Å². The highest BCUT2D eigenvalue weighted by atomic mass is 35.5. The Kier molecular flexibility index (Phi) is 5.87. The molecule has 0 aromatic heterocycles. The van der Waals surface area contributed by atoms with E-state index in [1.54, 1.807) is 23.1 Å². The zero-order valence-electron chi connectivity index (χ0n) is 14.6. The van der Waals surface area contributed by atoms with Crippen LogP contribution in [-0.2, 0) is 6.54 Å². The van der Waals surface area contributed by atoms with Crippen LogP contribution in [0, 0.1) is 11.6 Å². The van der Waals surface area contributed by atoms with Crippen LogP contribution in [0.3, 0.4) is 0 Å². The summed E-state index contributed by atoms with van der Waals surface area (Å²) >= 11 is 7.36. The molecule has 7 heteroatoms. The number of allylic oxidation sites excluding steroid dienone is 2. The number of rotatable bonds is 5. The summed E-state index contributed by atoms with van der Waals surface area (Å²) < 4.78 is 32.4. The molecule has 0 radical (unpaired) electrons. The Morgan fingerprint density at radius 3 is 2.74 bits per heavy atom. The van der Waals surface area contributed by atoms with Gasteiger partial charge < -0.3 is 9.64 Å². The van der Waals surface area contributed by atoms with Crippen LogP contribution in [0.15, 0.2) is 58.6 Å². The highest BCUT2D eigenvalue weighted by Crippen LogP contribution is 2.36. The van der Waals surface area contributed by atoms with Gasteiger partial charge in [0.05, 0.1) is 24.2 Å². The van der Waals surface area contributed by atoms with Crippen molar-refractivity contribution in [3.63, 3.8) is 0 Å². The zero-order chi connectivity index (χ0) is 19.6. The Morgan fingerprint density at radius 1 is 1.26 bits per heavy atom. The van der Waals surface area contributed by atoms with Crippen LogP contribution in [0.2, 0.25) is 5.02 Å². The summed E-state index contributed by atoms with van der Waals surface area (Å²) in [5.41, 5.74) is 1.54. The molecular weight excluding hydrogens is 392 g/mol. The second-order valence-electron chi connectivity index (χ2n) is 5.89. The van der Waals surface area contributed by atoms with Gasteiger partial charge in [0.1, 0.15) is 17.4 Å². The van der Waals surface area contributed by atoms with E-state index in [2.05, 4.69) is 0 Å². The Labute approximate surface area is 165 Å². The van der Waals surface area contributed by atoms with Crippen molar-refractivity contribution in [1.82, 2.24) is 4.90 Å². The molecule has 140 valence electrons. The first-order valence-electron chi connectivity index (χ1n) is 8.03. The molecule has 2 aromatic carbocycles. The van der Waals surface area contributed by atoms with Crippen molar-refractivity contribution in [2.45, 2.75) is 13.5 Å². The molecule has 2 aromatic rings. The molecule has 27 heavy (non-hydrogen) atoms. The average Bonchev–Trinajstić information content (AvgIpc) is 2.97. The van der Waals surface area contributed by atoms with Crippen LogP contribution < -0.4 is 4.74 Å². The normalized spacial score (nSPS) is 15.2. The number of ketones is 1. The van der Waals surface area contributed by atoms with E-state index in [9.17, 15) is 13.6 Å². The van der Waals surface area contributed by atoms with Gasteiger partial charge in [-0.3, -0.25) is 4.79 Å². The summed E-state index contributed by atoms with van der Waals surface area (Å²) in [4.78, 5) is 14.5. The van der Waals surface area contributed by atoms with Crippen molar-refractivity contribution in [2.75, 3.05) is 7.11 Å².